The predicted molar refractivity (Wildman–Crippen MR) is 78.9 cm³/mol. The van der Waals surface area contributed by atoms with Gasteiger partial charge in [-0.2, -0.15) is 0 Å². The van der Waals surface area contributed by atoms with E-state index in [9.17, 15) is 4.39 Å². The first kappa shape index (κ1) is 16.6. The van der Waals surface area contributed by atoms with Gasteiger partial charge >= 0.3 is 0 Å². The molecule has 21 heavy (non-hydrogen) atoms. The standard InChI is InChI=1S/C15H16FNO.CH2O2/c1-3-13-15(18-4-2)10-9-14(17-13)11-5-7-12(16)8-6-11;2-1-3/h5-10H,3-4H2,1-2H3;1H,(H,2,3). The third kappa shape index (κ3) is 4.87. The van der Waals surface area contributed by atoms with Crippen LogP contribution in [0.1, 0.15) is 19.5 Å². The molecule has 0 bridgehead atoms. The van der Waals surface area contributed by atoms with Gasteiger partial charge in [0.25, 0.3) is 6.47 Å². The van der Waals surface area contributed by atoms with Crippen molar-refractivity contribution in [3.05, 3.63) is 47.9 Å². The number of halogens is 1. The van der Waals surface area contributed by atoms with Crippen LogP contribution in [0, 0.1) is 5.82 Å². The van der Waals surface area contributed by atoms with Crippen molar-refractivity contribution in [2.75, 3.05) is 6.61 Å². The van der Waals surface area contributed by atoms with E-state index in [1.165, 1.54) is 12.1 Å². The summed E-state index contributed by atoms with van der Waals surface area (Å²) in [5, 5.41) is 6.89. The Hall–Kier alpha value is -2.43. The lowest BCUT2D eigenvalue weighted by Crippen LogP contribution is -1.99. The van der Waals surface area contributed by atoms with Crippen molar-refractivity contribution in [3.63, 3.8) is 0 Å². The third-order valence-corrected chi connectivity index (χ3v) is 2.71. The molecule has 4 nitrogen and oxygen atoms in total. The van der Waals surface area contributed by atoms with Crippen LogP contribution in [0.15, 0.2) is 36.4 Å². The molecule has 5 heteroatoms. The molecule has 0 unspecified atom stereocenters. The molecule has 0 saturated carbocycles. The van der Waals surface area contributed by atoms with Gasteiger partial charge in [-0.3, -0.25) is 4.79 Å². The van der Waals surface area contributed by atoms with E-state index < -0.39 is 0 Å². The van der Waals surface area contributed by atoms with E-state index in [4.69, 9.17) is 14.6 Å². The average Bonchev–Trinajstić information content (AvgIpc) is 2.49. The fraction of sp³-hybridized carbons (Fsp3) is 0.250. The Labute approximate surface area is 123 Å². The van der Waals surface area contributed by atoms with Crippen molar-refractivity contribution in [2.45, 2.75) is 20.3 Å². The van der Waals surface area contributed by atoms with Crippen LogP contribution < -0.4 is 4.74 Å². The highest BCUT2D eigenvalue weighted by Gasteiger charge is 2.06. The summed E-state index contributed by atoms with van der Waals surface area (Å²) < 4.78 is 18.4. The van der Waals surface area contributed by atoms with Gasteiger partial charge in [-0.1, -0.05) is 6.92 Å². The molecule has 2 rings (SSSR count). The molecule has 0 radical (unpaired) electrons. The summed E-state index contributed by atoms with van der Waals surface area (Å²) in [4.78, 5) is 12.9. The predicted octanol–water partition coefficient (Wildman–Crippen LogP) is 3.55. The number of pyridine rings is 1. The maximum Gasteiger partial charge on any atom is 0.290 e. The number of carbonyl (C=O) groups is 1. The number of nitrogens with zero attached hydrogens (tertiary/aromatic N) is 1. The third-order valence-electron chi connectivity index (χ3n) is 2.71. The molecule has 2 aromatic rings. The Balaban J connectivity index is 0.000000677. The van der Waals surface area contributed by atoms with Crippen molar-refractivity contribution >= 4 is 6.47 Å². The summed E-state index contributed by atoms with van der Waals surface area (Å²) in [5.74, 6) is 0.589. The number of aromatic nitrogens is 1. The molecule has 0 aliphatic rings. The second-order valence-electron chi connectivity index (χ2n) is 4.04. The Morgan fingerprint density at radius 1 is 1.19 bits per heavy atom. The molecule has 112 valence electrons. The molecule has 1 aromatic heterocycles. The Bertz CT molecular complexity index is 570. The van der Waals surface area contributed by atoms with E-state index in [1.807, 2.05) is 26.0 Å². The number of carboxylic acid groups (broad SMARTS) is 1. The minimum atomic E-state index is -0.250. The molecule has 1 heterocycles. The fourth-order valence-corrected chi connectivity index (χ4v) is 1.81. The number of hydrogen-bond acceptors (Lipinski definition) is 3. The Kier molecular flexibility index (Phi) is 6.87. The van der Waals surface area contributed by atoms with Crippen LogP contribution in [0.25, 0.3) is 11.3 Å². The van der Waals surface area contributed by atoms with Crippen molar-refractivity contribution < 1.29 is 19.0 Å². The van der Waals surface area contributed by atoms with Gasteiger partial charge in [-0.05, 0) is 49.7 Å². The minimum Gasteiger partial charge on any atom is -0.492 e. The second-order valence-corrected chi connectivity index (χ2v) is 4.04. The van der Waals surface area contributed by atoms with Crippen LogP contribution >= 0.6 is 0 Å². The summed E-state index contributed by atoms with van der Waals surface area (Å²) >= 11 is 0. The van der Waals surface area contributed by atoms with E-state index in [-0.39, 0.29) is 12.3 Å². The highest BCUT2D eigenvalue weighted by Crippen LogP contribution is 2.24. The van der Waals surface area contributed by atoms with Crippen molar-refractivity contribution in [2.24, 2.45) is 0 Å². The van der Waals surface area contributed by atoms with Crippen LogP contribution in [0.2, 0.25) is 0 Å². The summed E-state index contributed by atoms with van der Waals surface area (Å²) in [5.41, 5.74) is 2.68. The molecule has 0 fully saturated rings. The number of hydrogen-bond donors (Lipinski definition) is 1. The van der Waals surface area contributed by atoms with Gasteiger partial charge in [0.2, 0.25) is 0 Å². The highest BCUT2D eigenvalue weighted by atomic mass is 19.1. The lowest BCUT2D eigenvalue weighted by Gasteiger charge is -2.10. The van der Waals surface area contributed by atoms with Gasteiger partial charge in [0, 0.05) is 5.56 Å². The first-order valence-electron chi connectivity index (χ1n) is 6.62. The van der Waals surface area contributed by atoms with E-state index >= 15 is 0 Å². The minimum absolute atomic E-state index is 0.236. The summed E-state index contributed by atoms with van der Waals surface area (Å²) in [6.07, 6.45) is 0.810. The smallest absolute Gasteiger partial charge is 0.290 e. The first-order chi connectivity index (χ1) is 10.2. The van der Waals surface area contributed by atoms with Gasteiger partial charge in [0.05, 0.1) is 18.0 Å². The van der Waals surface area contributed by atoms with Gasteiger partial charge in [-0.25, -0.2) is 9.37 Å². The van der Waals surface area contributed by atoms with Crippen LogP contribution in [-0.2, 0) is 11.2 Å². The molecule has 0 spiro atoms. The maximum absolute atomic E-state index is 12.9. The van der Waals surface area contributed by atoms with E-state index in [0.717, 1.165) is 29.1 Å². The van der Waals surface area contributed by atoms with Crippen molar-refractivity contribution in [1.29, 1.82) is 0 Å². The fourth-order valence-electron chi connectivity index (χ4n) is 1.81. The van der Waals surface area contributed by atoms with Crippen LogP contribution in [0.5, 0.6) is 5.75 Å². The van der Waals surface area contributed by atoms with Crippen molar-refractivity contribution in [1.82, 2.24) is 4.98 Å². The summed E-state index contributed by atoms with van der Waals surface area (Å²) in [7, 11) is 0. The highest BCUT2D eigenvalue weighted by molar-refractivity contribution is 5.60. The number of ether oxygens (including phenoxy) is 1. The first-order valence-corrected chi connectivity index (χ1v) is 6.62. The van der Waals surface area contributed by atoms with Gasteiger partial charge < -0.3 is 9.84 Å². The number of benzene rings is 1. The van der Waals surface area contributed by atoms with Gasteiger partial charge in [-0.15, -0.1) is 0 Å². The van der Waals surface area contributed by atoms with Crippen molar-refractivity contribution in [3.8, 4) is 17.0 Å². The molecule has 0 atom stereocenters. The molecular weight excluding hydrogens is 273 g/mol. The monoisotopic (exact) mass is 291 g/mol. The van der Waals surface area contributed by atoms with E-state index in [2.05, 4.69) is 4.98 Å². The average molecular weight is 291 g/mol. The number of rotatable bonds is 4. The topological polar surface area (TPSA) is 59.4 Å². The van der Waals surface area contributed by atoms with Crippen LogP contribution in [0.4, 0.5) is 4.39 Å². The molecule has 0 aliphatic heterocycles. The molecular formula is C16H18FNO3. The summed E-state index contributed by atoms with van der Waals surface area (Å²) in [6, 6.07) is 10.2. The van der Waals surface area contributed by atoms with Crippen LogP contribution in [-0.4, -0.2) is 23.2 Å². The van der Waals surface area contributed by atoms with Gasteiger partial charge in [0.15, 0.2) is 0 Å². The Morgan fingerprint density at radius 2 is 1.81 bits per heavy atom. The zero-order valence-corrected chi connectivity index (χ0v) is 12.0. The molecule has 1 aromatic carbocycles. The normalized spacial score (nSPS) is 9.48. The quantitative estimate of drug-likeness (QED) is 0.875. The largest absolute Gasteiger partial charge is 0.492 e. The molecule has 0 aliphatic carbocycles. The lowest BCUT2D eigenvalue weighted by atomic mass is 10.1. The Morgan fingerprint density at radius 3 is 2.33 bits per heavy atom. The second kappa shape index (κ2) is 8.68. The summed E-state index contributed by atoms with van der Waals surface area (Å²) in [6.45, 7) is 4.37. The van der Waals surface area contributed by atoms with E-state index in [0.29, 0.717) is 6.61 Å². The zero-order valence-electron chi connectivity index (χ0n) is 12.0. The molecule has 0 amide bonds. The van der Waals surface area contributed by atoms with E-state index in [1.54, 1.807) is 12.1 Å². The number of aryl methyl sites for hydroxylation is 1. The molecule has 0 saturated heterocycles. The maximum atomic E-state index is 12.9. The molecule has 1 N–H and O–H groups in total. The zero-order chi connectivity index (χ0) is 15.7. The lowest BCUT2D eigenvalue weighted by molar-refractivity contribution is -0.122. The van der Waals surface area contributed by atoms with Crippen LogP contribution in [0.3, 0.4) is 0 Å². The SMILES string of the molecule is CCOc1ccc(-c2ccc(F)cc2)nc1CC.O=CO. The van der Waals surface area contributed by atoms with Gasteiger partial charge in [0.1, 0.15) is 11.6 Å².